The molecule has 6 heteroatoms. The number of hydrogen-bond acceptors (Lipinski definition) is 5. The van der Waals surface area contributed by atoms with Gasteiger partial charge in [0, 0.05) is 12.5 Å². The zero-order chi connectivity index (χ0) is 13.7. The third kappa shape index (κ3) is 3.75. The van der Waals surface area contributed by atoms with Crippen LogP contribution in [0, 0.1) is 0 Å². The lowest BCUT2D eigenvalue weighted by Crippen LogP contribution is -2.21. The summed E-state index contributed by atoms with van der Waals surface area (Å²) in [6, 6.07) is 5.84. The van der Waals surface area contributed by atoms with Crippen LogP contribution in [0.25, 0.3) is 0 Å². The summed E-state index contributed by atoms with van der Waals surface area (Å²) in [5, 5.41) is 11.1. The molecule has 0 aliphatic carbocycles. The van der Waals surface area contributed by atoms with Crippen LogP contribution < -0.4 is 11.1 Å². The summed E-state index contributed by atoms with van der Waals surface area (Å²) in [4.78, 5) is 0.315. The molecule has 2 aromatic heterocycles. The van der Waals surface area contributed by atoms with Crippen molar-refractivity contribution in [2.75, 3.05) is 5.32 Å². The second-order valence-electron chi connectivity index (χ2n) is 4.32. The minimum Gasteiger partial charge on any atom is -0.469 e. The molecule has 0 spiro atoms. The minimum absolute atomic E-state index is 0.217. The molecule has 0 saturated carbocycles. The van der Waals surface area contributed by atoms with Gasteiger partial charge in [-0.2, -0.15) is 5.10 Å². The van der Waals surface area contributed by atoms with Crippen LogP contribution in [0.2, 0.25) is 0 Å². The van der Waals surface area contributed by atoms with Crippen LogP contribution in [0.4, 0.5) is 5.82 Å². The quantitative estimate of drug-likeness (QED) is 0.787. The smallest absolute Gasteiger partial charge is 0.159 e. The molecule has 5 nitrogen and oxygen atoms in total. The molecule has 100 valence electrons. The molecule has 0 amide bonds. The summed E-state index contributed by atoms with van der Waals surface area (Å²) in [5.74, 6) is 1.60. The van der Waals surface area contributed by atoms with E-state index in [1.807, 2.05) is 12.1 Å². The monoisotopic (exact) mass is 276 g/mol. The molecule has 0 radical (unpaired) electrons. The first kappa shape index (κ1) is 13.5. The number of rotatable bonds is 6. The Kier molecular flexibility index (Phi) is 4.46. The van der Waals surface area contributed by atoms with Crippen molar-refractivity contribution in [2.45, 2.75) is 25.8 Å². The number of hydrogen-bond donors (Lipinski definition) is 2. The lowest BCUT2D eigenvalue weighted by atomic mass is 10.1. The number of thiocarbonyl (C=S) groups is 1. The average molecular weight is 276 g/mol. The fraction of sp³-hybridized carbons (Fsp3) is 0.308. The molecule has 2 heterocycles. The Morgan fingerprint density at radius 2 is 2.37 bits per heavy atom. The molecular weight excluding hydrogens is 260 g/mol. The van der Waals surface area contributed by atoms with Gasteiger partial charge in [-0.25, -0.2) is 0 Å². The first-order valence-corrected chi connectivity index (χ1v) is 6.48. The fourth-order valence-corrected chi connectivity index (χ4v) is 1.92. The highest BCUT2D eigenvalue weighted by Crippen LogP contribution is 2.14. The van der Waals surface area contributed by atoms with Crippen LogP contribution in [0.15, 0.2) is 35.1 Å². The Labute approximate surface area is 117 Å². The summed E-state index contributed by atoms with van der Waals surface area (Å²) in [5.41, 5.74) is 6.37. The zero-order valence-electron chi connectivity index (χ0n) is 10.7. The highest BCUT2D eigenvalue weighted by molar-refractivity contribution is 7.80. The Morgan fingerprint density at radius 1 is 1.53 bits per heavy atom. The maximum Gasteiger partial charge on any atom is 0.159 e. The van der Waals surface area contributed by atoms with Gasteiger partial charge < -0.3 is 15.5 Å². The first-order chi connectivity index (χ1) is 9.16. The van der Waals surface area contributed by atoms with Crippen molar-refractivity contribution in [1.29, 1.82) is 0 Å². The second-order valence-corrected chi connectivity index (χ2v) is 4.76. The van der Waals surface area contributed by atoms with Crippen LogP contribution in [-0.2, 0) is 6.42 Å². The van der Waals surface area contributed by atoms with Crippen molar-refractivity contribution >= 4 is 23.0 Å². The van der Waals surface area contributed by atoms with E-state index in [9.17, 15) is 0 Å². The molecule has 1 unspecified atom stereocenters. The Balaban J connectivity index is 1.95. The van der Waals surface area contributed by atoms with Crippen molar-refractivity contribution in [1.82, 2.24) is 10.2 Å². The van der Waals surface area contributed by atoms with Gasteiger partial charge >= 0.3 is 0 Å². The van der Waals surface area contributed by atoms with E-state index in [1.165, 1.54) is 0 Å². The van der Waals surface area contributed by atoms with Crippen molar-refractivity contribution in [3.8, 4) is 0 Å². The third-order valence-electron chi connectivity index (χ3n) is 2.77. The number of anilines is 1. The van der Waals surface area contributed by atoms with Crippen LogP contribution in [-0.4, -0.2) is 21.2 Å². The van der Waals surface area contributed by atoms with Gasteiger partial charge in [0.05, 0.1) is 18.0 Å². The summed E-state index contributed by atoms with van der Waals surface area (Å²) < 4.78 is 5.30. The molecule has 0 aliphatic heterocycles. The molecule has 0 saturated heterocycles. The van der Waals surface area contributed by atoms with Gasteiger partial charge in [0.1, 0.15) is 10.7 Å². The number of aromatic nitrogens is 2. The predicted molar refractivity (Wildman–Crippen MR) is 78.0 cm³/mol. The second kappa shape index (κ2) is 6.29. The molecule has 1 atom stereocenters. The van der Waals surface area contributed by atoms with Gasteiger partial charge in [-0.15, -0.1) is 5.10 Å². The van der Waals surface area contributed by atoms with Crippen molar-refractivity contribution in [2.24, 2.45) is 5.73 Å². The summed E-state index contributed by atoms with van der Waals surface area (Å²) in [6.07, 6.45) is 5.04. The standard InChI is InChI=1S/C13H16N4OS/c1-9(4-5-10-3-2-8-18-10)16-13-11(12(14)19)6-7-15-17-13/h2-3,6-9H,4-5H2,1H3,(H2,14,19)(H,16,17). The van der Waals surface area contributed by atoms with Gasteiger partial charge in [0.25, 0.3) is 0 Å². The maximum absolute atomic E-state index is 5.65. The molecule has 0 fully saturated rings. The van der Waals surface area contributed by atoms with Gasteiger partial charge in [-0.05, 0) is 31.5 Å². The summed E-state index contributed by atoms with van der Waals surface area (Å²) in [7, 11) is 0. The lowest BCUT2D eigenvalue weighted by Gasteiger charge is -2.15. The molecule has 2 rings (SSSR count). The fourth-order valence-electron chi connectivity index (χ4n) is 1.76. The van der Waals surface area contributed by atoms with E-state index in [2.05, 4.69) is 22.4 Å². The first-order valence-electron chi connectivity index (χ1n) is 6.07. The summed E-state index contributed by atoms with van der Waals surface area (Å²) >= 11 is 4.99. The lowest BCUT2D eigenvalue weighted by molar-refractivity contribution is 0.494. The van der Waals surface area contributed by atoms with E-state index in [4.69, 9.17) is 22.4 Å². The maximum atomic E-state index is 5.65. The highest BCUT2D eigenvalue weighted by atomic mass is 32.1. The zero-order valence-corrected chi connectivity index (χ0v) is 11.5. The minimum atomic E-state index is 0.217. The summed E-state index contributed by atoms with van der Waals surface area (Å²) in [6.45, 7) is 2.07. The van der Waals surface area contributed by atoms with E-state index in [0.717, 1.165) is 24.2 Å². The van der Waals surface area contributed by atoms with E-state index < -0.39 is 0 Å². The van der Waals surface area contributed by atoms with Crippen molar-refractivity contribution in [3.05, 3.63) is 42.0 Å². The molecule has 19 heavy (non-hydrogen) atoms. The number of nitrogens with one attached hydrogen (secondary N) is 1. The topological polar surface area (TPSA) is 77.0 Å². The van der Waals surface area contributed by atoms with E-state index in [1.54, 1.807) is 18.5 Å². The third-order valence-corrected chi connectivity index (χ3v) is 2.99. The van der Waals surface area contributed by atoms with E-state index in [-0.39, 0.29) is 6.04 Å². The van der Waals surface area contributed by atoms with Crippen LogP contribution in [0.1, 0.15) is 24.7 Å². The normalized spacial score (nSPS) is 12.1. The van der Waals surface area contributed by atoms with Crippen LogP contribution >= 0.6 is 12.2 Å². The number of nitrogens with zero attached hydrogens (tertiary/aromatic N) is 2. The highest BCUT2D eigenvalue weighted by Gasteiger charge is 2.10. The Bertz CT molecular complexity index is 541. The van der Waals surface area contributed by atoms with Gasteiger partial charge in [0.15, 0.2) is 5.82 Å². The molecule has 0 bridgehead atoms. The Morgan fingerprint density at radius 3 is 3.05 bits per heavy atom. The largest absolute Gasteiger partial charge is 0.469 e. The van der Waals surface area contributed by atoms with Crippen molar-refractivity contribution < 1.29 is 4.42 Å². The van der Waals surface area contributed by atoms with Crippen LogP contribution in [0.5, 0.6) is 0 Å². The number of furan rings is 1. The molecular formula is C13H16N4OS. The SMILES string of the molecule is CC(CCc1ccco1)Nc1nnccc1C(N)=S. The molecule has 2 aromatic rings. The molecule has 0 aromatic carbocycles. The predicted octanol–water partition coefficient (Wildman–Crippen LogP) is 2.14. The van der Waals surface area contributed by atoms with Gasteiger partial charge in [-0.3, -0.25) is 0 Å². The van der Waals surface area contributed by atoms with Gasteiger partial charge in [0.2, 0.25) is 0 Å². The molecule has 0 aliphatic rings. The van der Waals surface area contributed by atoms with Gasteiger partial charge in [-0.1, -0.05) is 12.2 Å². The van der Waals surface area contributed by atoms with E-state index >= 15 is 0 Å². The van der Waals surface area contributed by atoms with Crippen molar-refractivity contribution in [3.63, 3.8) is 0 Å². The number of nitrogens with two attached hydrogens (primary N) is 1. The van der Waals surface area contributed by atoms with E-state index in [0.29, 0.717) is 10.8 Å². The Hall–Kier alpha value is -1.95. The van der Waals surface area contributed by atoms with Crippen LogP contribution in [0.3, 0.4) is 0 Å². The molecule has 3 N–H and O–H groups in total. The number of aryl methyl sites for hydroxylation is 1. The average Bonchev–Trinajstić information content (AvgIpc) is 2.90.